The van der Waals surface area contributed by atoms with Crippen LogP contribution in [0.4, 0.5) is 0 Å². The van der Waals surface area contributed by atoms with Crippen molar-refractivity contribution in [2.45, 2.75) is 68.2 Å². The molecule has 0 saturated carbocycles. The van der Waals surface area contributed by atoms with Crippen molar-refractivity contribution in [1.82, 2.24) is 0 Å². The van der Waals surface area contributed by atoms with Gasteiger partial charge in [0.15, 0.2) is 0 Å². The topological polar surface area (TPSA) is 0 Å². The zero-order valence-corrected chi connectivity index (χ0v) is 12.9. The van der Waals surface area contributed by atoms with E-state index < -0.39 is 0 Å². The molecule has 0 N–H and O–H groups in total. The minimum absolute atomic E-state index is 0.833. The molecule has 0 unspecified atom stereocenters. The summed E-state index contributed by atoms with van der Waals surface area (Å²) < 4.78 is 0. The lowest BCUT2D eigenvalue weighted by Gasteiger charge is -2.30. The Balaban J connectivity index is 4.27. The van der Waals surface area contributed by atoms with Crippen molar-refractivity contribution in [2.75, 3.05) is 0 Å². The first kappa shape index (κ1) is 16.0. The largest absolute Gasteiger partial charge is 0.0625 e. The third kappa shape index (κ3) is 5.37. The van der Waals surface area contributed by atoms with Gasteiger partial charge in [-0.3, -0.25) is 0 Å². The monoisotopic (exact) mass is 226 g/mol. The molecule has 0 aromatic heterocycles. The molecule has 98 valence electrons. The SMILES string of the molecule is CC(C)C(CCC(C(C)C)C(C)C)C(C)C. The van der Waals surface area contributed by atoms with Crippen LogP contribution in [0.15, 0.2) is 0 Å². The Morgan fingerprint density at radius 1 is 0.438 bits per heavy atom. The van der Waals surface area contributed by atoms with Crippen LogP contribution in [-0.4, -0.2) is 0 Å². The maximum Gasteiger partial charge on any atom is -0.0368 e. The molecular weight excluding hydrogens is 192 g/mol. The van der Waals surface area contributed by atoms with Crippen molar-refractivity contribution in [1.29, 1.82) is 0 Å². The van der Waals surface area contributed by atoms with Gasteiger partial charge in [0.2, 0.25) is 0 Å². The van der Waals surface area contributed by atoms with Gasteiger partial charge in [0.1, 0.15) is 0 Å². The van der Waals surface area contributed by atoms with E-state index in [1.165, 1.54) is 12.8 Å². The van der Waals surface area contributed by atoms with E-state index in [1.807, 2.05) is 0 Å². The zero-order valence-electron chi connectivity index (χ0n) is 12.9. The Morgan fingerprint density at radius 3 is 0.750 bits per heavy atom. The minimum atomic E-state index is 0.833. The smallest absolute Gasteiger partial charge is 0.0368 e. The second-order valence-corrected chi connectivity index (χ2v) is 6.88. The van der Waals surface area contributed by atoms with E-state index in [0.717, 1.165) is 35.5 Å². The molecule has 0 rings (SSSR count). The Hall–Kier alpha value is 0. The van der Waals surface area contributed by atoms with Crippen LogP contribution >= 0.6 is 0 Å². The number of hydrogen-bond acceptors (Lipinski definition) is 0. The van der Waals surface area contributed by atoms with Crippen LogP contribution in [0, 0.1) is 35.5 Å². The van der Waals surface area contributed by atoms with Crippen molar-refractivity contribution < 1.29 is 0 Å². The Labute approximate surface area is 104 Å². The highest BCUT2D eigenvalue weighted by Gasteiger charge is 2.22. The number of hydrogen-bond donors (Lipinski definition) is 0. The molecule has 0 radical (unpaired) electrons. The van der Waals surface area contributed by atoms with Crippen molar-refractivity contribution in [3.63, 3.8) is 0 Å². The predicted octanol–water partition coefficient (Wildman–Crippen LogP) is 5.62. The van der Waals surface area contributed by atoms with Crippen molar-refractivity contribution in [3.8, 4) is 0 Å². The standard InChI is InChI=1S/C16H34/c1-11(2)15(12(3)4)9-10-16(13(5)6)14(7)8/h11-16H,9-10H2,1-8H3. The van der Waals surface area contributed by atoms with Crippen LogP contribution in [0.25, 0.3) is 0 Å². The molecular formula is C16H34. The molecule has 0 aliphatic carbocycles. The molecule has 0 amide bonds. The summed E-state index contributed by atoms with van der Waals surface area (Å²) in [6.07, 6.45) is 2.83. The summed E-state index contributed by atoms with van der Waals surface area (Å²) in [6, 6.07) is 0. The van der Waals surface area contributed by atoms with Gasteiger partial charge in [-0.25, -0.2) is 0 Å². The molecule has 0 saturated heterocycles. The lowest BCUT2D eigenvalue weighted by atomic mass is 9.76. The van der Waals surface area contributed by atoms with Crippen LogP contribution < -0.4 is 0 Å². The lowest BCUT2D eigenvalue weighted by molar-refractivity contribution is 0.201. The number of rotatable bonds is 7. The van der Waals surface area contributed by atoms with Gasteiger partial charge in [-0.2, -0.15) is 0 Å². The minimum Gasteiger partial charge on any atom is -0.0625 e. The van der Waals surface area contributed by atoms with E-state index in [-0.39, 0.29) is 0 Å². The quantitative estimate of drug-likeness (QED) is 0.528. The first-order chi connectivity index (χ1) is 7.27. The van der Waals surface area contributed by atoms with Crippen molar-refractivity contribution in [2.24, 2.45) is 35.5 Å². The molecule has 0 bridgehead atoms. The lowest BCUT2D eigenvalue weighted by Crippen LogP contribution is -2.21. The summed E-state index contributed by atoms with van der Waals surface area (Å²) in [5, 5.41) is 0. The fraction of sp³-hybridized carbons (Fsp3) is 1.00. The average molecular weight is 226 g/mol. The Bertz CT molecular complexity index is 129. The third-order valence-corrected chi connectivity index (χ3v) is 4.26. The van der Waals surface area contributed by atoms with E-state index in [0.29, 0.717) is 0 Å². The van der Waals surface area contributed by atoms with E-state index in [9.17, 15) is 0 Å². The van der Waals surface area contributed by atoms with Crippen LogP contribution in [0.2, 0.25) is 0 Å². The molecule has 16 heavy (non-hydrogen) atoms. The second kappa shape index (κ2) is 7.35. The van der Waals surface area contributed by atoms with Crippen LogP contribution in [0.1, 0.15) is 68.2 Å². The zero-order chi connectivity index (χ0) is 12.9. The second-order valence-electron chi connectivity index (χ2n) is 6.88. The van der Waals surface area contributed by atoms with E-state index in [1.54, 1.807) is 0 Å². The van der Waals surface area contributed by atoms with Gasteiger partial charge in [0, 0.05) is 0 Å². The third-order valence-electron chi connectivity index (χ3n) is 4.26. The maximum atomic E-state index is 2.38. The van der Waals surface area contributed by atoms with E-state index in [4.69, 9.17) is 0 Å². The first-order valence-corrected chi connectivity index (χ1v) is 7.27. The van der Waals surface area contributed by atoms with Gasteiger partial charge in [0.05, 0.1) is 0 Å². The Kier molecular flexibility index (Phi) is 7.35. The predicted molar refractivity (Wildman–Crippen MR) is 75.6 cm³/mol. The molecule has 0 aromatic rings. The van der Waals surface area contributed by atoms with Gasteiger partial charge >= 0.3 is 0 Å². The molecule has 0 aromatic carbocycles. The van der Waals surface area contributed by atoms with Gasteiger partial charge in [-0.15, -0.1) is 0 Å². The van der Waals surface area contributed by atoms with Gasteiger partial charge in [-0.05, 0) is 48.3 Å². The highest BCUT2D eigenvalue weighted by atomic mass is 14.3. The molecule has 0 atom stereocenters. The fourth-order valence-electron chi connectivity index (χ4n) is 3.26. The molecule has 0 aliphatic heterocycles. The highest BCUT2D eigenvalue weighted by Crippen LogP contribution is 2.32. The molecule has 0 fully saturated rings. The average Bonchev–Trinajstić information content (AvgIpc) is 2.09. The van der Waals surface area contributed by atoms with E-state index in [2.05, 4.69) is 55.4 Å². The van der Waals surface area contributed by atoms with Crippen molar-refractivity contribution >= 4 is 0 Å². The van der Waals surface area contributed by atoms with Crippen LogP contribution in [0.3, 0.4) is 0 Å². The Morgan fingerprint density at radius 2 is 0.625 bits per heavy atom. The van der Waals surface area contributed by atoms with Crippen molar-refractivity contribution in [3.05, 3.63) is 0 Å². The molecule has 0 nitrogen and oxygen atoms in total. The normalized spacial score (nSPS) is 13.1. The first-order valence-electron chi connectivity index (χ1n) is 7.27. The van der Waals surface area contributed by atoms with E-state index >= 15 is 0 Å². The summed E-state index contributed by atoms with van der Waals surface area (Å²) in [7, 11) is 0. The summed E-state index contributed by atoms with van der Waals surface area (Å²) >= 11 is 0. The molecule has 0 spiro atoms. The summed E-state index contributed by atoms with van der Waals surface area (Å²) in [6.45, 7) is 19.0. The highest BCUT2D eigenvalue weighted by molar-refractivity contribution is 4.72. The van der Waals surface area contributed by atoms with Crippen LogP contribution in [0.5, 0.6) is 0 Å². The molecule has 0 heteroatoms. The summed E-state index contributed by atoms with van der Waals surface area (Å²) in [4.78, 5) is 0. The van der Waals surface area contributed by atoms with Gasteiger partial charge in [-0.1, -0.05) is 55.4 Å². The van der Waals surface area contributed by atoms with Crippen LogP contribution in [-0.2, 0) is 0 Å². The molecule has 0 heterocycles. The fourth-order valence-corrected chi connectivity index (χ4v) is 3.26. The van der Waals surface area contributed by atoms with Gasteiger partial charge < -0.3 is 0 Å². The summed E-state index contributed by atoms with van der Waals surface area (Å²) in [5.41, 5.74) is 0. The van der Waals surface area contributed by atoms with Gasteiger partial charge in [0.25, 0.3) is 0 Å². The summed E-state index contributed by atoms with van der Waals surface area (Å²) in [5.74, 6) is 5.14. The molecule has 0 aliphatic rings. The maximum absolute atomic E-state index is 2.38.